The van der Waals surface area contributed by atoms with E-state index in [1.165, 1.54) is 23.1 Å². The number of benzene rings is 2. The van der Waals surface area contributed by atoms with Crippen molar-refractivity contribution < 1.29 is 23.5 Å². The lowest BCUT2D eigenvalue weighted by atomic mass is 10.1. The molecule has 0 bridgehead atoms. The molecule has 0 spiro atoms. The van der Waals surface area contributed by atoms with Gasteiger partial charge in [0.2, 0.25) is 12.7 Å². The summed E-state index contributed by atoms with van der Waals surface area (Å²) in [5, 5.41) is 8.01. The lowest BCUT2D eigenvalue weighted by Crippen LogP contribution is -2.24. The van der Waals surface area contributed by atoms with Crippen molar-refractivity contribution in [1.29, 1.82) is 0 Å². The summed E-state index contributed by atoms with van der Waals surface area (Å²) in [7, 11) is 0. The number of hydrogen-bond acceptors (Lipinski definition) is 8. The third kappa shape index (κ3) is 5.08. The summed E-state index contributed by atoms with van der Waals surface area (Å²) in [4.78, 5) is 30.4. The van der Waals surface area contributed by atoms with Crippen LogP contribution in [-0.2, 0) is 11.3 Å². The first-order chi connectivity index (χ1) is 16.7. The second-order valence-electron chi connectivity index (χ2n) is 7.20. The Morgan fingerprint density at radius 3 is 2.82 bits per heavy atom. The molecule has 0 unspecified atom stereocenters. The van der Waals surface area contributed by atoms with Gasteiger partial charge in [0, 0.05) is 15.8 Å². The second kappa shape index (κ2) is 10.0. The summed E-state index contributed by atoms with van der Waals surface area (Å²) in [5.74, 6) is 1.81. The Balaban J connectivity index is 1.21. The number of thiazole rings is 1. The minimum Gasteiger partial charge on any atom is -0.467 e. The molecular weight excluding hydrogens is 474 g/mol. The number of nitrogens with one attached hydrogen (secondary N) is 2. The van der Waals surface area contributed by atoms with Gasteiger partial charge in [0.25, 0.3) is 5.91 Å². The van der Waals surface area contributed by atoms with Gasteiger partial charge in [-0.2, -0.15) is 0 Å². The van der Waals surface area contributed by atoms with Gasteiger partial charge in [-0.15, -0.1) is 23.1 Å². The van der Waals surface area contributed by atoms with Crippen LogP contribution in [0.4, 0.5) is 5.13 Å². The van der Waals surface area contributed by atoms with E-state index in [2.05, 4.69) is 15.6 Å². The van der Waals surface area contributed by atoms with Crippen molar-refractivity contribution in [2.75, 3.05) is 17.9 Å². The molecule has 34 heavy (non-hydrogen) atoms. The van der Waals surface area contributed by atoms with Crippen LogP contribution in [0, 0.1) is 0 Å². The van der Waals surface area contributed by atoms with Crippen molar-refractivity contribution in [3.8, 4) is 22.8 Å². The molecule has 2 N–H and O–H groups in total. The highest BCUT2D eigenvalue weighted by Crippen LogP contribution is 2.36. The number of hydrogen-bond donors (Lipinski definition) is 2. The summed E-state index contributed by atoms with van der Waals surface area (Å²) in [5.41, 5.74) is 2.08. The van der Waals surface area contributed by atoms with E-state index in [9.17, 15) is 9.59 Å². The van der Waals surface area contributed by atoms with Gasteiger partial charge in [0.15, 0.2) is 16.6 Å². The van der Waals surface area contributed by atoms with E-state index >= 15 is 0 Å². The molecule has 1 aliphatic rings. The van der Waals surface area contributed by atoms with Crippen molar-refractivity contribution >= 4 is 40.0 Å². The molecule has 8 nitrogen and oxygen atoms in total. The Hall–Kier alpha value is -3.76. The number of thioether (sulfide) groups is 1. The number of amides is 2. The molecule has 0 atom stereocenters. The molecule has 2 aromatic carbocycles. The molecule has 4 aromatic rings. The highest BCUT2D eigenvalue weighted by atomic mass is 32.2. The average Bonchev–Trinajstić information content (AvgIpc) is 3.63. The third-order valence-corrected chi connectivity index (χ3v) is 6.75. The Morgan fingerprint density at radius 2 is 1.94 bits per heavy atom. The number of aromatic nitrogens is 1. The van der Waals surface area contributed by atoms with Crippen LogP contribution in [-0.4, -0.2) is 29.3 Å². The first-order valence-corrected chi connectivity index (χ1v) is 12.2. The largest absolute Gasteiger partial charge is 0.467 e. The van der Waals surface area contributed by atoms with E-state index in [1.807, 2.05) is 35.7 Å². The fourth-order valence-corrected chi connectivity index (χ4v) is 4.85. The van der Waals surface area contributed by atoms with Crippen LogP contribution in [0.2, 0.25) is 0 Å². The Labute approximate surface area is 203 Å². The predicted octanol–water partition coefficient (Wildman–Crippen LogP) is 4.79. The van der Waals surface area contributed by atoms with Gasteiger partial charge >= 0.3 is 0 Å². The molecule has 3 heterocycles. The average molecular weight is 494 g/mol. The zero-order valence-electron chi connectivity index (χ0n) is 17.8. The van der Waals surface area contributed by atoms with Crippen LogP contribution in [0.3, 0.4) is 0 Å². The van der Waals surface area contributed by atoms with Crippen LogP contribution >= 0.6 is 23.1 Å². The number of fused-ring (bicyclic) bond motifs is 1. The van der Waals surface area contributed by atoms with E-state index in [0.29, 0.717) is 39.4 Å². The molecule has 1 aliphatic heterocycles. The van der Waals surface area contributed by atoms with Crippen molar-refractivity contribution in [3.05, 3.63) is 77.6 Å². The van der Waals surface area contributed by atoms with E-state index in [-0.39, 0.29) is 24.4 Å². The smallest absolute Gasteiger partial charge is 0.258 e. The van der Waals surface area contributed by atoms with Crippen molar-refractivity contribution in [1.82, 2.24) is 10.3 Å². The standard InChI is InChI=1S/C24H19N3O5S2/c28-22(25-11-16-4-3-9-30-16)13-33-21-6-2-1-5-17(21)23(29)27-24-26-18(12-34-24)15-7-8-19-20(10-15)32-14-31-19/h1-10,12H,11,13-14H2,(H,25,28)(H,26,27,29). The summed E-state index contributed by atoms with van der Waals surface area (Å²) >= 11 is 2.63. The zero-order chi connectivity index (χ0) is 23.3. The molecule has 0 radical (unpaired) electrons. The molecule has 0 saturated heterocycles. The molecule has 172 valence electrons. The maximum atomic E-state index is 13.0. The van der Waals surface area contributed by atoms with Gasteiger partial charge in [-0.3, -0.25) is 14.9 Å². The first-order valence-electron chi connectivity index (χ1n) is 10.3. The van der Waals surface area contributed by atoms with Gasteiger partial charge in [0.1, 0.15) is 5.76 Å². The number of furan rings is 1. The van der Waals surface area contributed by atoms with Crippen molar-refractivity contribution in [2.45, 2.75) is 11.4 Å². The fraction of sp³-hybridized carbons (Fsp3) is 0.125. The minimum absolute atomic E-state index is 0.148. The van der Waals surface area contributed by atoms with E-state index in [4.69, 9.17) is 13.9 Å². The molecule has 5 rings (SSSR count). The third-order valence-electron chi connectivity index (χ3n) is 4.92. The highest BCUT2D eigenvalue weighted by molar-refractivity contribution is 8.00. The molecule has 0 saturated carbocycles. The second-order valence-corrected chi connectivity index (χ2v) is 9.08. The van der Waals surface area contributed by atoms with Gasteiger partial charge in [-0.1, -0.05) is 12.1 Å². The quantitative estimate of drug-likeness (QED) is 0.340. The number of nitrogens with zero attached hydrogens (tertiary/aromatic N) is 1. The SMILES string of the molecule is O=C(CSc1ccccc1C(=O)Nc1nc(-c2ccc3c(c2)OCO3)cs1)NCc1ccco1. The summed E-state index contributed by atoms with van der Waals surface area (Å²) in [6, 6.07) is 16.3. The number of anilines is 1. The Kier molecular flexibility index (Phi) is 6.50. The summed E-state index contributed by atoms with van der Waals surface area (Å²) in [6.45, 7) is 0.532. The Morgan fingerprint density at radius 1 is 1.06 bits per heavy atom. The van der Waals surface area contributed by atoms with Gasteiger partial charge in [-0.25, -0.2) is 4.98 Å². The van der Waals surface area contributed by atoms with Crippen LogP contribution < -0.4 is 20.1 Å². The Bertz CT molecular complexity index is 1320. The molecular formula is C24H19N3O5S2. The van der Waals surface area contributed by atoms with Crippen LogP contribution in [0.25, 0.3) is 11.3 Å². The molecule has 2 aromatic heterocycles. The number of carbonyl (C=O) groups excluding carboxylic acids is 2. The lowest BCUT2D eigenvalue weighted by molar-refractivity contribution is -0.118. The van der Waals surface area contributed by atoms with Crippen LogP contribution in [0.5, 0.6) is 11.5 Å². The van der Waals surface area contributed by atoms with E-state index in [0.717, 1.165) is 11.3 Å². The molecule has 0 aliphatic carbocycles. The number of ether oxygens (including phenoxy) is 2. The van der Waals surface area contributed by atoms with Gasteiger partial charge in [-0.05, 0) is 42.5 Å². The number of rotatable bonds is 8. The first kappa shape index (κ1) is 22.1. The lowest BCUT2D eigenvalue weighted by Gasteiger charge is -2.09. The topological polar surface area (TPSA) is 103 Å². The van der Waals surface area contributed by atoms with Crippen LogP contribution in [0.15, 0.2) is 75.6 Å². The highest BCUT2D eigenvalue weighted by Gasteiger charge is 2.17. The number of carbonyl (C=O) groups is 2. The molecule has 0 fully saturated rings. The van der Waals surface area contributed by atoms with Crippen molar-refractivity contribution in [3.63, 3.8) is 0 Å². The molecule has 2 amide bonds. The minimum atomic E-state index is -0.286. The van der Waals surface area contributed by atoms with Crippen LogP contribution in [0.1, 0.15) is 16.1 Å². The maximum absolute atomic E-state index is 13.0. The van der Waals surface area contributed by atoms with E-state index < -0.39 is 0 Å². The predicted molar refractivity (Wildman–Crippen MR) is 129 cm³/mol. The normalized spacial score (nSPS) is 11.9. The van der Waals surface area contributed by atoms with Gasteiger partial charge in [0.05, 0.1) is 29.8 Å². The summed E-state index contributed by atoms with van der Waals surface area (Å²) in [6.07, 6.45) is 1.56. The summed E-state index contributed by atoms with van der Waals surface area (Å²) < 4.78 is 16.0. The fourth-order valence-electron chi connectivity index (χ4n) is 3.26. The van der Waals surface area contributed by atoms with E-state index in [1.54, 1.807) is 30.5 Å². The monoisotopic (exact) mass is 493 g/mol. The van der Waals surface area contributed by atoms with Crippen molar-refractivity contribution in [2.24, 2.45) is 0 Å². The molecule has 10 heteroatoms. The zero-order valence-corrected chi connectivity index (χ0v) is 19.4. The maximum Gasteiger partial charge on any atom is 0.258 e. The van der Waals surface area contributed by atoms with Gasteiger partial charge < -0.3 is 19.2 Å².